The smallest absolute Gasteiger partial charge is 0.130 e. The largest absolute Gasteiger partial charge is 0.395 e. The first kappa shape index (κ1) is 9.92. The molecular formula is C9H15N3O. The Bertz CT molecular complexity index is 276. The maximum Gasteiger partial charge on any atom is 0.130 e. The van der Waals surface area contributed by atoms with Crippen molar-refractivity contribution in [1.82, 2.24) is 9.97 Å². The third-order valence-corrected chi connectivity index (χ3v) is 1.67. The molecule has 0 unspecified atom stereocenters. The fourth-order valence-electron chi connectivity index (χ4n) is 1.09. The van der Waals surface area contributed by atoms with Crippen LogP contribution in [0.4, 0.5) is 5.82 Å². The van der Waals surface area contributed by atoms with Crippen LogP contribution < -0.4 is 5.32 Å². The van der Waals surface area contributed by atoms with Gasteiger partial charge in [0.15, 0.2) is 0 Å². The summed E-state index contributed by atoms with van der Waals surface area (Å²) in [6.07, 6.45) is 0.900. The molecule has 0 atom stereocenters. The van der Waals surface area contributed by atoms with Crippen LogP contribution in [-0.2, 0) is 6.42 Å². The number of anilines is 1. The van der Waals surface area contributed by atoms with Gasteiger partial charge >= 0.3 is 0 Å². The van der Waals surface area contributed by atoms with E-state index in [-0.39, 0.29) is 6.61 Å². The first-order valence-corrected chi connectivity index (χ1v) is 4.45. The fourth-order valence-corrected chi connectivity index (χ4v) is 1.09. The third kappa shape index (κ3) is 2.99. The van der Waals surface area contributed by atoms with Gasteiger partial charge in [0.2, 0.25) is 0 Å². The zero-order chi connectivity index (χ0) is 9.68. The fraction of sp³-hybridized carbons (Fsp3) is 0.556. The number of aliphatic hydroxyl groups excluding tert-OH is 1. The van der Waals surface area contributed by atoms with Crippen LogP contribution in [0.3, 0.4) is 0 Å². The zero-order valence-electron chi connectivity index (χ0n) is 8.04. The molecule has 4 nitrogen and oxygen atoms in total. The highest BCUT2D eigenvalue weighted by molar-refractivity contribution is 5.35. The number of nitrogens with one attached hydrogen (secondary N) is 1. The Morgan fingerprint density at radius 1 is 1.46 bits per heavy atom. The molecule has 0 fully saturated rings. The molecule has 13 heavy (non-hydrogen) atoms. The number of nitrogens with zero attached hydrogens (tertiary/aromatic N) is 2. The second-order valence-corrected chi connectivity index (χ2v) is 2.80. The van der Waals surface area contributed by atoms with Gasteiger partial charge in [0.05, 0.1) is 6.61 Å². The van der Waals surface area contributed by atoms with Gasteiger partial charge in [-0.1, -0.05) is 6.92 Å². The average molecular weight is 181 g/mol. The minimum Gasteiger partial charge on any atom is -0.395 e. The van der Waals surface area contributed by atoms with Crippen LogP contribution >= 0.6 is 0 Å². The second kappa shape index (κ2) is 4.77. The minimum absolute atomic E-state index is 0.116. The van der Waals surface area contributed by atoms with E-state index >= 15 is 0 Å². The van der Waals surface area contributed by atoms with Crippen molar-refractivity contribution in [3.8, 4) is 0 Å². The van der Waals surface area contributed by atoms with Crippen LogP contribution in [0.1, 0.15) is 18.4 Å². The molecule has 1 rings (SSSR count). The molecule has 0 saturated heterocycles. The summed E-state index contributed by atoms with van der Waals surface area (Å²) in [6, 6.07) is 1.91. The number of rotatable bonds is 4. The molecule has 0 bridgehead atoms. The lowest BCUT2D eigenvalue weighted by atomic mass is 10.3. The van der Waals surface area contributed by atoms with E-state index < -0.39 is 0 Å². The van der Waals surface area contributed by atoms with Crippen LogP contribution in [0.25, 0.3) is 0 Å². The van der Waals surface area contributed by atoms with Crippen LogP contribution in [0.5, 0.6) is 0 Å². The van der Waals surface area contributed by atoms with Crippen molar-refractivity contribution in [3.05, 3.63) is 17.6 Å². The lowest BCUT2D eigenvalue weighted by Gasteiger charge is -2.05. The summed E-state index contributed by atoms with van der Waals surface area (Å²) in [4.78, 5) is 8.43. The van der Waals surface area contributed by atoms with Crippen LogP contribution in [0, 0.1) is 6.92 Å². The van der Waals surface area contributed by atoms with Crippen molar-refractivity contribution in [1.29, 1.82) is 0 Å². The predicted molar refractivity (Wildman–Crippen MR) is 51.7 cm³/mol. The summed E-state index contributed by atoms with van der Waals surface area (Å²) in [5.74, 6) is 1.55. The molecule has 1 heterocycles. The van der Waals surface area contributed by atoms with Gasteiger partial charge in [-0.15, -0.1) is 0 Å². The van der Waals surface area contributed by atoms with Crippen molar-refractivity contribution in [2.75, 3.05) is 18.5 Å². The summed E-state index contributed by atoms with van der Waals surface area (Å²) in [5, 5.41) is 11.6. The van der Waals surface area contributed by atoms with E-state index in [0.29, 0.717) is 6.54 Å². The van der Waals surface area contributed by atoms with Crippen molar-refractivity contribution >= 4 is 5.82 Å². The van der Waals surface area contributed by atoms with Gasteiger partial charge in [-0.3, -0.25) is 0 Å². The minimum atomic E-state index is 0.116. The molecule has 72 valence electrons. The molecular weight excluding hydrogens is 166 g/mol. The van der Waals surface area contributed by atoms with Crippen molar-refractivity contribution in [3.63, 3.8) is 0 Å². The van der Waals surface area contributed by atoms with Gasteiger partial charge in [0.25, 0.3) is 0 Å². The van der Waals surface area contributed by atoms with Gasteiger partial charge in [0.1, 0.15) is 11.6 Å². The van der Waals surface area contributed by atoms with E-state index in [1.165, 1.54) is 0 Å². The van der Waals surface area contributed by atoms with Crippen LogP contribution in [0.2, 0.25) is 0 Å². The Kier molecular flexibility index (Phi) is 3.64. The molecule has 0 aliphatic carbocycles. The molecule has 0 aliphatic rings. The molecule has 1 aromatic rings. The highest BCUT2D eigenvalue weighted by Crippen LogP contribution is 2.06. The molecule has 0 spiro atoms. The standard InChI is InChI=1S/C9H15N3O/c1-3-8-6-9(10-4-5-13)12-7(2)11-8/h6,13H,3-5H2,1-2H3,(H,10,11,12). The first-order chi connectivity index (χ1) is 6.26. The predicted octanol–water partition coefficient (Wildman–Crippen LogP) is 0.752. The maximum absolute atomic E-state index is 8.62. The summed E-state index contributed by atoms with van der Waals surface area (Å²) in [7, 11) is 0. The lowest BCUT2D eigenvalue weighted by Crippen LogP contribution is -2.08. The van der Waals surface area contributed by atoms with Crippen molar-refractivity contribution < 1.29 is 5.11 Å². The molecule has 4 heteroatoms. The Morgan fingerprint density at radius 3 is 2.85 bits per heavy atom. The summed E-state index contributed by atoms with van der Waals surface area (Å²) >= 11 is 0. The maximum atomic E-state index is 8.62. The normalized spacial score (nSPS) is 10.1. The number of aryl methyl sites for hydroxylation is 2. The second-order valence-electron chi connectivity index (χ2n) is 2.80. The first-order valence-electron chi connectivity index (χ1n) is 4.45. The van der Waals surface area contributed by atoms with Crippen molar-refractivity contribution in [2.24, 2.45) is 0 Å². The molecule has 0 saturated carbocycles. The van der Waals surface area contributed by atoms with Crippen LogP contribution in [-0.4, -0.2) is 28.2 Å². The molecule has 0 radical (unpaired) electrons. The number of aliphatic hydroxyl groups is 1. The van der Waals surface area contributed by atoms with Gasteiger partial charge < -0.3 is 10.4 Å². The van der Waals surface area contributed by atoms with Gasteiger partial charge in [0, 0.05) is 18.3 Å². The van der Waals surface area contributed by atoms with Gasteiger partial charge in [-0.25, -0.2) is 9.97 Å². The quantitative estimate of drug-likeness (QED) is 0.719. The molecule has 0 aromatic carbocycles. The van der Waals surface area contributed by atoms with Crippen LogP contribution in [0.15, 0.2) is 6.07 Å². The van der Waals surface area contributed by atoms with Crippen molar-refractivity contribution in [2.45, 2.75) is 20.3 Å². The Hall–Kier alpha value is -1.16. The van der Waals surface area contributed by atoms with E-state index in [1.807, 2.05) is 13.0 Å². The average Bonchev–Trinajstić information content (AvgIpc) is 2.14. The zero-order valence-corrected chi connectivity index (χ0v) is 8.04. The van der Waals surface area contributed by atoms with E-state index in [2.05, 4.69) is 22.2 Å². The van der Waals surface area contributed by atoms with E-state index in [0.717, 1.165) is 23.8 Å². The summed E-state index contributed by atoms with van der Waals surface area (Å²) < 4.78 is 0. The molecule has 0 aliphatic heterocycles. The Morgan fingerprint density at radius 2 is 2.23 bits per heavy atom. The Balaban J connectivity index is 2.76. The number of hydrogen-bond acceptors (Lipinski definition) is 4. The lowest BCUT2D eigenvalue weighted by molar-refractivity contribution is 0.311. The van der Waals surface area contributed by atoms with E-state index in [9.17, 15) is 0 Å². The third-order valence-electron chi connectivity index (χ3n) is 1.67. The van der Waals surface area contributed by atoms with E-state index in [1.54, 1.807) is 0 Å². The monoisotopic (exact) mass is 181 g/mol. The molecule has 1 aromatic heterocycles. The van der Waals surface area contributed by atoms with E-state index in [4.69, 9.17) is 5.11 Å². The Labute approximate surface area is 78.0 Å². The highest BCUT2D eigenvalue weighted by Gasteiger charge is 1.98. The number of hydrogen-bond donors (Lipinski definition) is 2. The summed E-state index contributed by atoms with van der Waals surface area (Å²) in [5.41, 5.74) is 1.02. The van der Waals surface area contributed by atoms with Gasteiger partial charge in [-0.2, -0.15) is 0 Å². The highest BCUT2D eigenvalue weighted by atomic mass is 16.3. The summed E-state index contributed by atoms with van der Waals surface area (Å²) in [6.45, 7) is 4.56. The molecule has 2 N–H and O–H groups in total. The molecule has 0 amide bonds. The number of aromatic nitrogens is 2. The SMILES string of the molecule is CCc1cc(NCCO)nc(C)n1. The van der Waals surface area contributed by atoms with Gasteiger partial charge in [-0.05, 0) is 13.3 Å². The topological polar surface area (TPSA) is 58.0 Å².